The van der Waals surface area contributed by atoms with Gasteiger partial charge in [0.1, 0.15) is 12.4 Å². The van der Waals surface area contributed by atoms with Crippen LogP contribution in [0.2, 0.25) is 0 Å². The van der Waals surface area contributed by atoms with Gasteiger partial charge in [-0.15, -0.1) is 0 Å². The van der Waals surface area contributed by atoms with Crippen LogP contribution in [0.25, 0.3) is 0 Å². The topological polar surface area (TPSA) is 79.0 Å². The van der Waals surface area contributed by atoms with Gasteiger partial charge >= 0.3 is 0 Å². The molecule has 4 rings (SSSR count). The van der Waals surface area contributed by atoms with Crippen molar-refractivity contribution in [2.45, 2.75) is 49.5 Å². The lowest BCUT2D eigenvalue weighted by atomic mass is 9.76. The van der Waals surface area contributed by atoms with E-state index in [4.69, 9.17) is 4.74 Å². The molecule has 7 nitrogen and oxygen atoms in total. The molecule has 39 heavy (non-hydrogen) atoms. The van der Waals surface area contributed by atoms with Gasteiger partial charge in [0.25, 0.3) is 0 Å². The maximum Gasteiger partial charge on any atom is 0.246 e. The Labute approximate surface area is 232 Å². The predicted octanol–water partition coefficient (Wildman–Crippen LogP) is 4.47. The minimum atomic E-state index is -3.51. The molecule has 2 aromatic carbocycles. The number of rotatable bonds is 11. The second kappa shape index (κ2) is 13.8. The van der Waals surface area contributed by atoms with E-state index in [0.717, 1.165) is 44.1 Å². The molecule has 1 aliphatic carbocycles. The Bertz CT molecular complexity index is 1170. The SMILES string of the molecule is CN(C)C(c1cccc(F)c1)C1CCC(CNC(=O)COCC2CCCN(S(=O)(=O)c3ccccc3)C2)CC1. The van der Waals surface area contributed by atoms with Crippen molar-refractivity contribution >= 4 is 15.9 Å². The Hall–Kier alpha value is -2.33. The number of hydrogen-bond donors (Lipinski definition) is 1. The zero-order valence-electron chi connectivity index (χ0n) is 23.1. The van der Waals surface area contributed by atoms with E-state index in [1.54, 1.807) is 42.5 Å². The quantitative estimate of drug-likeness (QED) is 0.440. The standard InChI is InChI=1S/C30H42FN3O4S/c1-33(2)30(26-9-6-10-27(31)18-26)25-15-13-23(14-16-25)19-32-29(35)22-38-21-24-8-7-17-34(20-24)39(36,37)28-11-4-3-5-12-28/h3-6,9-12,18,23-25,30H,7-8,13-17,19-22H2,1-2H3,(H,32,35). The molecule has 2 atom stereocenters. The summed E-state index contributed by atoms with van der Waals surface area (Å²) in [4.78, 5) is 14.9. The lowest BCUT2D eigenvalue weighted by Crippen LogP contribution is -2.41. The van der Waals surface area contributed by atoms with Crippen molar-refractivity contribution in [3.05, 3.63) is 66.0 Å². The molecular weight excluding hydrogens is 517 g/mol. The number of piperidine rings is 1. The highest BCUT2D eigenvalue weighted by atomic mass is 32.2. The molecule has 0 bridgehead atoms. The first kappa shape index (κ1) is 29.6. The van der Waals surface area contributed by atoms with Gasteiger partial charge in [0, 0.05) is 25.7 Å². The van der Waals surface area contributed by atoms with Gasteiger partial charge in [-0.2, -0.15) is 4.31 Å². The number of amides is 1. The first-order chi connectivity index (χ1) is 18.7. The predicted molar refractivity (Wildman–Crippen MR) is 150 cm³/mol. The fraction of sp³-hybridized carbons (Fsp3) is 0.567. The second-order valence-electron chi connectivity index (χ2n) is 11.2. The van der Waals surface area contributed by atoms with Crippen molar-refractivity contribution < 1.29 is 22.3 Å². The van der Waals surface area contributed by atoms with Crippen LogP contribution in [0.15, 0.2) is 59.5 Å². The van der Waals surface area contributed by atoms with Crippen molar-refractivity contribution in [2.24, 2.45) is 17.8 Å². The van der Waals surface area contributed by atoms with Crippen molar-refractivity contribution in [1.82, 2.24) is 14.5 Å². The zero-order chi connectivity index (χ0) is 27.8. The van der Waals surface area contributed by atoms with Crippen LogP contribution in [0.3, 0.4) is 0 Å². The summed E-state index contributed by atoms with van der Waals surface area (Å²) >= 11 is 0. The normalized spacial score (nSPS) is 23.4. The number of sulfonamides is 1. The summed E-state index contributed by atoms with van der Waals surface area (Å²) in [5.41, 5.74) is 1.02. The molecule has 1 aliphatic heterocycles. The summed E-state index contributed by atoms with van der Waals surface area (Å²) in [6.45, 7) is 1.90. The number of halogens is 1. The van der Waals surface area contributed by atoms with Crippen LogP contribution in [0, 0.1) is 23.6 Å². The number of carbonyl (C=O) groups excluding carboxylic acids is 1. The van der Waals surface area contributed by atoms with Crippen LogP contribution in [0.5, 0.6) is 0 Å². The molecule has 1 heterocycles. The molecule has 1 saturated heterocycles. The van der Waals surface area contributed by atoms with Gasteiger partial charge in [-0.25, -0.2) is 12.8 Å². The van der Waals surface area contributed by atoms with E-state index in [0.29, 0.717) is 43.0 Å². The minimum absolute atomic E-state index is 0.0143. The van der Waals surface area contributed by atoms with Crippen molar-refractivity contribution in [3.63, 3.8) is 0 Å². The van der Waals surface area contributed by atoms with Crippen LogP contribution in [-0.4, -0.2) is 70.5 Å². The van der Waals surface area contributed by atoms with Gasteiger partial charge in [-0.05, 0) is 100 Å². The van der Waals surface area contributed by atoms with E-state index in [1.807, 2.05) is 6.07 Å². The zero-order valence-corrected chi connectivity index (χ0v) is 23.9. The molecule has 0 spiro atoms. The van der Waals surface area contributed by atoms with Crippen LogP contribution in [0.4, 0.5) is 4.39 Å². The fourth-order valence-electron chi connectivity index (χ4n) is 6.14. The molecular formula is C30H42FN3O4S. The molecule has 2 fully saturated rings. The van der Waals surface area contributed by atoms with E-state index < -0.39 is 10.0 Å². The average Bonchev–Trinajstić information content (AvgIpc) is 2.93. The Balaban J connectivity index is 1.16. The molecule has 0 radical (unpaired) electrons. The average molecular weight is 560 g/mol. The highest BCUT2D eigenvalue weighted by molar-refractivity contribution is 7.89. The van der Waals surface area contributed by atoms with E-state index in [2.05, 4.69) is 24.3 Å². The number of hydrogen-bond acceptors (Lipinski definition) is 5. The summed E-state index contributed by atoms with van der Waals surface area (Å²) in [6, 6.07) is 15.6. The monoisotopic (exact) mass is 559 g/mol. The molecule has 2 aliphatic rings. The van der Waals surface area contributed by atoms with Crippen molar-refractivity contribution in [3.8, 4) is 0 Å². The molecule has 1 N–H and O–H groups in total. The summed E-state index contributed by atoms with van der Waals surface area (Å²) in [5.74, 6) is 0.625. The smallest absolute Gasteiger partial charge is 0.246 e. The summed E-state index contributed by atoms with van der Waals surface area (Å²) in [5, 5.41) is 3.02. The Morgan fingerprint density at radius 3 is 2.49 bits per heavy atom. The Kier molecular flexibility index (Phi) is 10.5. The maximum atomic E-state index is 13.8. The summed E-state index contributed by atoms with van der Waals surface area (Å²) < 4.78 is 46.9. The minimum Gasteiger partial charge on any atom is -0.371 e. The number of nitrogens with one attached hydrogen (secondary N) is 1. The number of benzene rings is 2. The van der Waals surface area contributed by atoms with Crippen LogP contribution in [-0.2, 0) is 19.6 Å². The van der Waals surface area contributed by atoms with Gasteiger partial charge in [0.15, 0.2) is 0 Å². The van der Waals surface area contributed by atoms with Crippen molar-refractivity contribution in [1.29, 1.82) is 0 Å². The lowest BCUT2D eigenvalue weighted by molar-refractivity contribution is -0.126. The third-order valence-corrected chi connectivity index (χ3v) is 10.0. The lowest BCUT2D eigenvalue weighted by Gasteiger charge is -2.37. The summed E-state index contributed by atoms with van der Waals surface area (Å²) in [7, 11) is 0.591. The molecule has 1 amide bonds. The highest BCUT2D eigenvalue weighted by Crippen LogP contribution is 2.39. The molecule has 0 aromatic heterocycles. The number of nitrogens with zero attached hydrogens (tertiary/aromatic N) is 2. The van der Waals surface area contributed by atoms with Gasteiger partial charge in [0.2, 0.25) is 15.9 Å². The van der Waals surface area contributed by atoms with Crippen LogP contribution < -0.4 is 5.32 Å². The third kappa shape index (κ3) is 8.10. The van der Waals surface area contributed by atoms with E-state index >= 15 is 0 Å². The maximum absolute atomic E-state index is 13.8. The first-order valence-electron chi connectivity index (χ1n) is 14.1. The third-order valence-electron chi connectivity index (χ3n) is 8.12. The van der Waals surface area contributed by atoms with Gasteiger partial charge < -0.3 is 15.0 Å². The largest absolute Gasteiger partial charge is 0.371 e. The van der Waals surface area contributed by atoms with Crippen LogP contribution in [0.1, 0.15) is 50.1 Å². The molecule has 2 aromatic rings. The molecule has 1 saturated carbocycles. The fourth-order valence-corrected chi connectivity index (χ4v) is 7.72. The van der Waals surface area contributed by atoms with Crippen molar-refractivity contribution in [2.75, 3.05) is 46.9 Å². The Morgan fingerprint density at radius 2 is 1.79 bits per heavy atom. The number of carbonyl (C=O) groups is 1. The van der Waals surface area contributed by atoms with Gasteiger partial charge in [0.05, 0.1) is 11.5 Å². The molecule has 9 heteroatoms. The Morgan fingerprint density at radius 1 is 1.05 bits per heavy atom. The van der Waals surface area contributed by atoms with Gasteiger partial charge in [-0.3, -0.25) is 4.79 Å². The molecule has 214 valence electrons. The highest BCUT2D eigenvalue weighted by Gasteiger charge is 2.31. The van der Waals surface area contributed by atoms with E-state index in [1.165, 1.54) is 10.4 Å². The first-order valence-corrected chi connectivity index (χ1v) is 15.5. The van der Waals surface area contributed by atoms with E-state index in [-0.39, 0.29) is 30.3 Å². The second-order valence-corrected chi connectivity index (χ2v) is 13.2. The van der Waals surface area contributed by atoms with Gasteiger partial charge in [-0.1, -0.05) is 30.3 Å². The van der Waals surface area contributed by atoms with E-state index in [9.17, 15) is 17.6 Å². The number of ether oxygens (including phenoxy) is 1. The molecule has 2 unspecified atom stereocenters. The van der Waals surface area contributed by atoms with Crippen LogP contribution >= 0.6 is 0 Å². The summed E-state index contributed by atoms with van der Waals surface area (Å²) in [6.07, 6.45) is 5.80.